The summed E-state index contributed by atoms with van der Waals surface area (Å²) >= 11 is 0. The molecule has 1 nitrogen and oxygen atoms in total. The van der Waals surface area contributed by atoms with E-state index in [1.54, 1.807) is 0 Å². The number of allylic oxidation sites excluding steroid dienone is 3. The Bertz CT molecular complexity index is 238. The van der Waals surface area contributed by atoms with Gasteiger partial charge in [0.25, 0.3) is 0 Å². The largest absolute Gasteiger partial charge is 0.303 e. The number of carbonyl (C=O) groups is 1. The lowest BCUT2D eigenvalue weighted by Crippen LogP contribution is -2.15. The summed E-state index contributed by atoms with van der Waals surface area (Å²) in [5, 5.41) is 0. The third-order valence-electron chi connectivity index (χ3n) is 3.01. The van der Waals surface area contributed by atoms with Crippen molar-refractivity contribution in [1.82, 2.24) is 0 Å². The molecule has 0 spiro atoms. The van der Waals surface area contributed by atoms with Gasteiger partial charge in [-0.3, -0.25) is 0 Å². The fourth-order valence-electron chi connectivity index (χ4n) is 1.92. The predicted octanol–water partition coefficient (Wildman–Crippen LogP) is 3.12. The zero-order valence-electron chi connectivity index (χ0n) is 8.55. The van der Waals surface area contributed by atoms with Gasteiger partial charge in [-0.1, -0.05) is 23.8 Å². The SMILES string of the molecule is C=C(C)[C@@H]1CC=C(C)[C@@H](CC=O)C1. The monoisotopic (exact) mass is 178 g/mol. The van der Waals surface area contributed by atoms with Gasteiger partial charge in [0.15, 0.2) is 0 Å². The lowest BCUT2D eigenvalue weighted by molar-refractivity contribution is -0.108. The molecule has 0 unspecified atom stereocenters. The maximum atomic E-state index is 10.4. The highest BCUT2D eigenvalue weighted by molar-refractivity contribution is 5.51. The molecule has 0 radical (unpaired) electrons. The van der Waals surface area contributed by atoms with Crippen molar-refractivity contribution in [2.75, 3.05) is 0 Å². The Balaban J connectivity index is 2.65. The molecule has 1 heteroatoms. The molecule has 0 aromatic heterocycles. The summed E-state index contributed by atoms with van der Waals surface area (Å²) in [5.41, 5.74) is 2.63. The van der Waals surface area contributed by atoms with E-state index in [1.807, 2.05) is 0 Å². The van der Waals surface area contributed by atoms with Crippen molar-refractivity contribution < 1.29 is 4.79 Å². The van der Waals surface area contributed by atoms with Crippen LogP contribution in [-0.2, 0) is 4.79 Å². The Labute approximate surface area is 80.5 Å². The van der Waals surface area contributed by atoms with Gasteiger partial charge in [0.2, 0.25) is 0 Å². The van der Waals surface area contributed by atoms with Crippen LogP contribution < -0.4 is 0 Å². The summed E-state index contributed by atoms with van der Waals surface area (Å²) in [4.78, 5) is 10.4. The van der Waals surface area contributed by atoms with E-state index in [2.05, 4.69) is 26.5 Å². The standard InChI is InChI=1S/C12H18O/c1-9(2)11-5-4-10(3)12(8-11)6-7-13/h4,7,11-12H,1,5-6,8H2,2-3H3/t11-,12+/m1/s1. The van der Waals surface area contributed by atoms with Crippen LogP contribution in [0.25, 0.3) is 0 Å². The first kappa shape index (κ1) is 10.2. The zero-order valence-corrected chi connectivity index (χ0v) is 8.55. The molecule has 72 valence electrons. The van der Waals surface area contributed by atoms with Gasteiger partial charge in [0.05, 0.1) is 0 Å². The maximum absolute atomic E-state index is 10.4. The second-order valence-electron chi connectivity index (χ2n) is 4.06. The second-order valence-corrected chi connectivity index (χ2v) is 4.06. The molecule has 13 heavy (non-hydrogen) atoms. The molecule has 1 aliphatic rings. The Kier molecular flexibility index (Phi) is 3.47. The maximum Gasteiger partial charge on any atom is 0.120 e. The Morgan fingerprint density at radius 3 is 3.00 bits per heavy atom. The molecule has 0 bridgehead atoms. The van der Waals surface area contributed by atoms with Crippen molar-refractivity contribution in [2.24, 2.45) is 11.8 Å². The van der Waals surface area contributed by atoms with E-state index in [4.69, 9.17) is 0 Å². The third kappa shape index (κ3) is 2.55. The van der Waals surface area contributed by atoms with Gasteiger partial charge in [0.1, 0.15) is 6.29 Å². The number of aldehydes is 1. The minimum Gasteiger partial charge on any atom is -0.303 e. The normalized spacial score (nSPS) is 28.0. The van der Waals surface area contributed by atoms with Crippen molar-refractivity contribution in [2.45, 2.75) is 33.1 Å². The minimum atomic E-state index is 0.466. The molecular formula is C12H18O. The highest BCUT2D eigenvalue weighted by atomic mass is 16.1. The average Bonchev–Trinajstić information content (AvgIpc) is 2.08. The molecule has 0 fully saturated rings. The van der Waals surface area contributed by atoms with Crippen LogP contribution >= 0.6 is 0 Å². The summed E-state index contributed by atoms with van der Waals surface area (Å²) in [6.07, 6.45) is 6.18. The predicted molar refractivity (Wildman–Crippen MR) is 55.5 cm³/mol. The van der Waals surface area contributed by atoms with Gasteiger partial charge in [-0.2, -0.15) is 0 Å². The molecule has 1 rings (SSSR count). The van der Waals surface area contributed by atoms with Gasteiger partial charge in [0, 0.05) is 6.42 Å². The van der Waals surface area contributed by atoms with Crippen LogP contribution in [0.2, 0.25) is 0 Å². The topological polar surface area (TPSA) is 17.1 Å². The lowest BCUT2D eigenvalue weighted by atomic mass is 9.78. The van der Waals surface area contributed by atoms with Crippen LogP contribution in [0.5, 0.6) is 0 Å². The molecule has 0 saturated carbocycles. The van der Waals surface area contributed by atoms with E-state index in [1.165, 1.54) is 11.1 Å². The van der Waals surface area contributed by atoms with Crippen LogP contribution in [0.4, 0.5) is 0 Å². The Morgan fingerprint density at radius 1 is 1.77 bits per heavy atom. The summed E-state index contributed by atoms with van der Waals surface area (Å²) in [6, 6.07) is 0. The highest BCUT2D eigenvalue weighted by Gasteiger charge is 2.21. The number of carbonyl (C=O) groups excluding carboxylic acids is 1. The lowest BCUT2D eigenvalue weighted by Gasteiger charge is -2.27. The van der Waals surface area contributed by atoms with Crippen molar-refractivity contribution in [3.05, 3.63) is 23.8 Å². The fourth-order valence-corrected chi connectivity index (χ4v) is 1.92. The smallest absolute Gasteiger partial charge is 0.120 e. The van der Waals surface area contributed by atoms with Crippen LogP contribution in [0.15, 0.2) is 23.8 Å². The zero-order chi connectivity index (χ0) is 9.84. The van der Waals surface area contributed by atoms with Gasteiger partial charge >= 0.3 is 0 Å². The molecule has 0 aromatic rings. The minimum absolute atomic E-state index is 0.466. The van der Waals surface area contributed by atoms with Gasteiger partial charge in [-0.05, 0) is 38.5 Å². The quantitative estimate of drug-likeness (QED) is 0.479. The summed E-state index contributed by atoms with van der Waals surface area (Å²) in [7, 11) is 0. The van der Waals surface area contributed by atoms with Crippen molar-refractivity contribution in [1.29, 1.82) is 0 Å². The van der Waals surface area contributed by atoms with Crippen molar-refractivity contribution >= 4 is 6.29 Å². The van der Waals surface area contributed by atoms with Gasteiger partial charge < -0.3 is 4.79 Å². The molecule has 0 amide bonds. The highest BCUT2D eigenvalue weighted by Crippen LogP contribution is 2.33. The first-order chi connectivity index (χ1) is 6.15. The van der Waals surface area contributed by atoms with E-state index in [0.717, 1.165) is 19.1 Å². The van der Waals surface area contributed by atoms with Gasteiger partial charge in [-0.15, -0.1) is 0 Å². The third-order valence-corrected chi connectivity index (χ3v) is 3.01. The van der Waals surface area contributed by atoms with E-state index in [0.29, 0.717) is 18.3 Å². The Morgan fingerprint density at radius 2 is 2.46 bits per heavy atom. The summed E-state index contributed by atoms with van der Waals surface area (Å²) in [6.45, 7) is 8.19. The summed E-state index contributed by atoms with van der Waals surface area (Å²) < 4.78 is 0. The van der Waals surface area contributed by atoms with Crippen molar-refractivity contribution in [3.63, 3.8) is 0 Å². The van der Waals surface area contributed by atoms with E-state index < -0.39 is 0 Å². The molecule has 0 saturated heterocycles. The van der Waals surface area contributed by atoms with Gasteiger partial charge in [-0.25, -0.2) is 0 Å². The molecule has 0 heterocycles. The number of rotatable bonds is 3. The second kappa shape index (κ2) is 4.40. The molecular weight excluding hydrogens is 160 g/mol. The fraction of sp³-hybridized carbons (Fsp3) is 0.583. The van der Waals surface area contributed by atoms with E-state index in [-0.39, 0.29) is 0 Å². The number of hydrogen-bond donors (Lipinski definition) is 0. The van der Waals surface area contributed by atoms with Crippen LogP contribution in [0.3, 0.4) is 0 Å². The summed E-state index contributed by atoms with van der Waals surface area (Å²) in [5.74, 6) is 1.06. The van der Waals surface area contributed by atoms with E-state index >= 15 is 0 Å². The number of hydrogen-bond acceptors (Lipinski definition) is 1. The molecule has 0 N–H and O–H groups in total. The molecule has 1 aliphatic carbocycles. The molecule has 2 atom stereocenters. The van der Waals surface area contributed by atoms with E-state index in [9.17, 15) is 4.79 Å². The average molecular weight is 178 g/mol. The van der Waals surface area contributed by atoms with Crippen molar-refractivity contribution in [3.8, 4) is 0 Å². The first-order valence-corrected chi connectivity index (χ1v) is 4.90. The van der Waals surface area contributed by atoms with Crippen LogP contribution in [-0.4, -0.2) is 6.29 Å². The van der Waals surface area contributed by atoms with Crippen LogP contribution in [0.1, 0.15) is 33.1 Å². The first-order valence-electron chi connectivity index (χ1n) is 4.90. The molecule has 0 aromatic carbocycles. The van der Waals surface area contributed by atoms with Crippen LogP contribution in [0, 0.1) is 11.8 Å². The molecule has 0 aliphatic heterocycles. The Hall–Kier alpha value is -0.850.